The molecule has 0 radical (unpaired) electrons. The third kappa shape index (κ3) is 2.97. The number of aromatic nitrogens is 1. The number of halogens is 1. The van der Waals surface area contributed by atoms with Crippen LogP contribution in [0.3, 0.4) is 0 Å². The smallest absolute Gasteiger partial charge is 0.134 e. The van der Waals surface area contributed by atoms with Crippen molar-refractivity contribution in [1.29, 1.82) is 0 Å². The van der Waals surface area contributed by atoms with Crippen molar-refractivity contribution in [1.82, 2.24) is 9.88 Å². The van der Waals surface area contributed by atoms with E-state index in [1.807, 2.05) is 18.2 Å². The molecule has 1 saturated heterocycles. The summed E-state index contributed by atoms with van der Waals surface area (Å²) < 4.78 is 0. The number of rotatable bonds is 2. The van der Waals surface area contributed by atoms with Gasteiger partial charge in [-0.25, -0.2) is 4.98 Å². The maximum Gasteiger partial charge on any atom is 0.134 e. The van der Waals surface area contributed by atoms with Gasteiger partial charge in [-0.2, -0.15) is 0 Å². The van der Waals surface area contributed by atoms with Crippen molar-refractivity contribution >= 4 is 22.5 Å². The number of pyridine rings is 1. The Balaban J connectivity index is 1.85. The zero-order valence-corrected chi connectivity index (χ0v) is 13.0. The first-order valence-electron chi connectivity index (χ1n) is 7.30. The molecule has 2 nitrogen and oxygen atoms in total. The molecule has 20 heavy (non-hydrogen) atoms. The second-order valence-electron chi connectivity index (χ2n) is 6.61. The first-order chi connectivity index (χ1) is 9.53. The molecule has 0 saturated carbocycles. The van der Waals surface area contributed by atoms with Gasteiger partial charge in [0.2, 0.25) is 0 Å². The molecule has 1 aliphatic rings. The van der Waals surface area contributed by atoms with Crippen molar-refractivity contribution in [3.8, 4) is 0 Å². The number of likely N-dealkylation sites (tertiary alicyclic amines) is 1. The van der Waals surface area contributed by atoms with E-state index in [1.54, 1.807) is 0 Å². The lowest BCUT2D eigenvalue weighted by molar-refractivity contribution is 0.111. The second-order valence-corrected chi connectivity index (χ2v) is 6.97. The lowest BCUT2D eigenvalue weighted by atomic mass is 9.84. The van der Waals surface area contributed by atoms with Crippen LogP contribution in [0.5, 0.6) is 0 Å². The van der Waals surface area contributed by atoms with Crippen LogP contribution in [0.25, 0.3) is 10.9 Å². The van der Waals surface area contributed by atoms with Crippen LogP contribution in [0.1, 0.15) is 32.3 Å². The van der Waals surface area contributed by atoms with Crippen molar-refractivity contribution in [3.05, 3.63) is 41.0 Å². The minimum atomic E-state index is 0.412. The molecule has 3 rings (SSSR count). The van der Waals surface area contributed by atoms with E-state index in [0.717, 1.165) is 30.7 Å². The van der Waals surface area contributed by atoms with Gasteiger partial charge in [0, 0.05) is 24.0 Å². The Bertz CT molecular complexity index is 621. The summed E-state index contributed by atoms with van der Waals surface area (Å²) in [7, 11) is 0. The summed E-state index contributed by atoms with van der Waals surface area (Å²) in [4.78, 5) is 7.02. The van der Waals surface area contributed by atoms with E-state index in [9.17, 15) is 0 Å². The monoisotopic (exact) mass is 288 g/mol. The molecule has 1 aromatic carbocycles. The van der Waals surface area contributed by atoms with Gasteiger partial charge in [0.05, 0.1) is 5.52 Å². The summed E-state index contributed by atoms with van der Waals surface area (Å²) in [6, 6.07) is 10.3. The fourth-order valence-electron chi connectivity index (χ4n) is 3.17. The number of hydrogen-bond acceptors (Lipinski definition) is 2. The van der Waals surface area contributed by atoms with E-state index < -0.39 is 0 Å². The summed E-state index contributed by atoms with van der Waals surface area (Å²) in [6.07, 6.45) is 2.58. The number of fused-ring (bicyclic) bond motifs is 1. The first kappa shape index (κ1) is 13.8. The molecule has 1 aliphatic heterocycles. The van der Waals surface area contributed by atoms with Gasteiger partial charge in [0.1, 0.15) is 5.15 Å². The fourth-order valence-corrected chi connectivity index (χ4v) is 3.37. The quantitative estimate of drug-likeness (QED) is 0.756. The van der Waals surface area contributed by atoms with Crippen molar-refractivity contribution in [2.45, 2.75) is 33.2 Å². The topological polar surface area (TPSA) is 16.1 Å². The highest BCUT2D eigenvalue weighted by molar-refractivity contribution is 6.30. The zero-order chi connectivity index (χ0) is 14.2. The minimum Gasteiger partial charge on any atom is -0.298 e. The molecule has 1 fully saturated rings. The Morgan fingerprint density at radius 2 is 2.10 bits per heavy atom. The van der Waals surface area contributed by atoms with E-state index in [2.05, 4.69) is 35.9 Å². The number of hydrogen-bond donors (Lipinski definition) is 0. The van der Waals surface area contributed by atoms with Crippen LogP contribution in [-0.4, -0.2) is 23.0 Å². The molecule has 0 atom stereocenters. The number of para-hydroxylation sites is 1. The Morgan fingerprint density at radius 1 is 1.30 bits per heavy atom. The molecular formula is C17H21ClN2. The fraction of sp³-hybridized carbons (Fsp3) is 0.471. The number of benzene rings is 1. The Kier molecular flexibility index (Phi) is 3.70. The molecule has 0 spiro atoms. The van der Waals surface area contributed by atoms with Gasteiger partial charge in [-0.1, -0.05) is 43.6 Å². The van der Waals surface area contributed by atoms with Crippen molar-refractivity contribution < 1.29 is 0 Å². The van der Waals surface area contributed by atoms with Gasteiger partial charge in [-0.3, -0.25) is 4.90 Å². The molecule has 0 N–H and O–H groups in total. The van der Waals surface area contributed by atoms with Crippen LogP contribution in [0.2, 0.25) is 5.15 Å². The van der Waals surface area contributed by atoms with Crippen molar-refractivity contribution in [2.24, 2.45) is 5.41 Å². The average molecular weight is 289 g/mol. The molecule has 2 aromatic rings. The Morgan fingerprint density at radius 3 is 2.90 bits per heavy atom. The highest BCUT2D eigenvalue weighted by Crippen LogP contribution is 2.30. The molecule has 1 aromatic heterocycles. The van der Waals surface area contributed by atoms with Gasteiger partial charge in [-0.05, 0) is 36.9 Å². The van der Waals surface area contributed by atoms with Crippen LogP contribution < -0.4 is 0 Å². The maximum absolute atomic E-state index is 6.36. The summed E-state index contributed by atoms with van der Waals surface area (Å²) in [5, 5.41) is 1.82. The highest BCUT2D eigenvalue weighted by Gasteiger charge is 2.26. The van der Waals surface area contributed by atoms with Crippen molar-refractivity contribution in [3.63, 3.8) is 0 Å². The van der Waals surface area contributed by atoms with Gasteiger partial charge in [-0.15, -0.1) is 0 Å². The Labute approximate surface area is 125 Å². The number of piperidine rings is 1. The molecular weight excluding hydrogens is 268 g/mol. The molecule has 2 heterocycles. The molecule has 0 bridgehead atoms. The van der Waals surface area contributed by atoms with Crippen LogP contribution in [0, 0.1) is 5.41 Å². The third-order valence-corrected chi connectivity index (χ3v) is 4.45. The molecule has 0 aliphatic carbocycles. The zero-order valence-electron chi connectivity index (χ0n) is 12.2. The minimum absolute atomic E-state index is 0.412. The highest BCUT2D eigenvalue weighted by atomic mass is 35.5. The van der Waals surface area contributed by atoms with Crippen LogP contribution in [0.4, 0.5) is 0 Å². The maximum atomic E-state index is 6.36. The van der Waals surface area contributed by atoms with E-state index in [4.69, 9.17) is 11.6 Å². The second kappa shape index (κ2) is 5.34. The Hall–Kier alpha value is -1.12. The third-order valence-electron chi connectivity index (χ3n) is 4.12. The lowest BCUT2D eigenvalue weighted by Crippen LogP contribution is -2.39. The molecule has 0 unspecified atom stereocenters. The standard InChI is InChI=1S/C17H21ClN2/c1-17(2)8-5-9-20(12-17)11-14-10-13-6-3-4-7-15(13)19-16(14)18/h3-4,6-7,10H,5,8-9,11-12H2,1-2H3. The number of nitrogens with zero attached hydrogens (tertiary/aromatic N) is 2. The van der Waals surface area contributed by atoms with E-state index in [1.165, 1.54) is 18.2 Å². The SMILES string of the molecule is CC1(C)CCCN(Cc2cc3ccccc3nc2Cl)C1. The molecule has 3 heteroatoms. The van der Waals surface area contributed by atoms with Crippen LogP contribution >= 0.6 is 11.6 Å². The summed E-state index contributed by atoms with van der Waals surface area (Å²) >= 11 is 6.36. The first-order valence-corrected chi connectivity index (χ1v) is 7.68. The summed E-state index contributed by atoms with van der Waals surface area (Å²) in [5.74, 6) is 0. The van der Waals surface area contributed by atoms with Crippen LogP contribution in [0.15, 0.2) is 30.3 Å². The van der Waals surface area contributed by atoms with Gasteiger partial charge in [0.25, 0.3) is 0 Å². The largest absolute Gasteiger partial charge is 0.298 e. The van der Waals surface area contributed by atoms with E-state index in [0.29, 0.717) is 10.6 Å². The van der Waals surface area contributed by atoms with E-state index in [-0.39, 0.29) is 0 Å². The molecule has 106 valence electrons. The van der Waals surface area contributed by atoms with Gasteiger partial charge >= 0.3 is 0 Å². The summed E-state index contributed by atoms with van der Waals surface area (Å²) in [5.41, 5.74) is 2.53. The lowest BCUT2D eigenvalue weighted by Gasteiger charge is -2.38. The predicted molar refractivity (Wildman–Crippen MR) is 85.0 cm³/mol. The average Bonchev–Trinajstić information content (AvgIpc) is 2.38. The van der Waals surface area contributed by atoms with Crippen molar-refractivity contribution in [2.75, 3.05) is 13.1 Å². The predicted octanol–water partition coefficient (Wildman–Crippen LogP) is 4.51. The normalized spacial score (nSPS) is 19.4. The van der Waals surface area contributed by atoms with Gasteiger partial charge < -0.3 is 0 Å². The van der Waals surface area contributed by atoms with E-state index >= 15 is 0 Å². The molecule has 0 amide bonds. The van der Waals surface area contributed by atoms with Crippen LogP contribution in [-0.2, 0) is 6.54 Å². The van der Waals surface area contributed by atoms with Gasteiger partial charge in [0.15, 0.2) is 0 Å². The summed E-state index contributed by atoms with van der Waals surface area (Å²) in [6.45, 7) is 7.89.